The Morgan fingerprint density at radius 3 is 1.85 bits per heavy atom. The molecular weight excluding hydrogens is 206 g/mol. The van der Waals surface area contributed by atoms with Crippen molar-refractivity contribution in [2.45, 2.75) is 25.1 Å². The Bertz CT molecular complexity index is 150. The van der Waals surface area contributed by atoms with Crippen molar-refractivity contribution in [2.75, 3.05) is 6.61 Å². The summed E-state index contributed by atoms with van der Waals surface area (Å²) in [5, 5.41) is 8.07. The number of hydrogen-bond donors (Lipinski definition) is 1. The highest BCUT2D eigenvalue weighted by Crippen LogP contribution is 2.23. The predicted molar refractivity (Wildman–Crippen MR) is 28.7 cm³/mol. The summed E-state index contributed by atoms with van der Waals surface area (Å²) in [5.41, 5.74) is 0. The lowest BCUT2D eigenvalue weighted by Gasteiger charge is -2.15. The minimum absolute atomic E-state index is 1.22. The number of rotatable bonds is 3. The largest absolute Gasteiger partial charge is 0.439 e. The summed E-state index contributed by atoms with van der Waals surface area (Å²) in [5.74, 6) is 0. The molecule has 1 N–H and O–H groups in total. The SMILES string of the molecule is OC(OCCC(F)(F)F)C(F)(F)F. The van der Waals surface area contributed by atoms with E-state index in [-0.39, 0.29) is 0 Å². The summed E-state index contributed by atoms with van der Waals surface area (Å²) >= 11 is 0. The average Bonchev–Trinajstić information content (AvgIpc) is 1.82. The molecule has 0 saturated heterocycles. The van der Waals surface area contributed by atoms with Gasteiger partial charge in [0, 0.05) is 0 Å². The first-order valence-electron chi connectivity index (χ1n) is 3.06. The fraction of sp³-hybridized carbons (Fsp3) is 1.00. The number of aliphatic hydroxyl groups is 1. The zero-order valence-corrected chi connectivity index (χ0v) is 6.11. The van der Waals surface area contributed by atoms with Crippen LogP contribution in [0.2, 0.25) is 0 Å². The number of ether oxygens (including phenoxy) is 1. The first-order chi connectivity index (χ1) is 5.63. The molecule has 0 heterocycles. The molecular formula is C5H6F6O2. The van der Waals surface area contributed by atoms with Crippen molar-refractivity contribution in [3.63, 3.8) is 0 Å². The Kier molecular flexibility index (Phi) is 3.98. The second-order valence-electron chi connectivity index (χ2n) is 2.13. The molecule has 8 heteroatoms. The van der Waals surface area contributed by atoms with E-state index in [1.165, 1.54) is 0 Å². The van der Waals surface area contributed by atoms with Gasteiger partial charge < -0.3 is 9.84 Å². The molecule has 0 aliphatic carbocycles. The fourth-order valence-electron chi connectivity index (χ4n) is 0.381. The predicted octanol–water partition coefficient (Wildman–Crippen LogP) is 1.84. The van der Waals surface area contributed by atoms with E-state index in [1.54, 1.807) is 0 Å². The van der Waals surface area contributed by atoms with Gasteiger partial charge in [0.05, 0.1) is 13.0 Å². The molecule has 0 spiro atoms. The van der Waals surface area contributed by atoms with Gasteiger partial charge in [0.2, 0.25) is 0 Å². The lowest BCUT2D eigenvalue weighted by Crippen LogP contribution is -2.32. The number of alkyl halides is 6. The highest BCUT2D eigenvalue weighted by molar-refractivity contribution is 4.55. The second kappa shape index (κ2) is 4.14. The summed E-state index contributed by atoms with van der Waals surface area (Å²) in [6.07, 6.45) is -14.3. The number of hydrogen-bond acceptors (Lipinski definition) is 2. The van der Waals surface area contributed by atoms with Gasteiger partial charge in [-0.15, -0.1) is 0 Å². The minimum atomic E-state index is -5.05. The van der Waals surface area contributed by atoms with E-state index >= 15 is 0 Å². The third-order valence-corrected chi connectivity index (χ3v) is 0.941. The quantitative estimate of drug-likeness (QED) is 0.571. The molecule has 0 aromatic carbocycles. The van der Waals surface area contributed by atoms with Crippen LogP contribution in [0.5, 0.6) is 0 Å². The molecule has 1 atom stereocenters. The number of halogens is 6. The van der Waals surface area contributed by atoms with Crippen LogP contribution in [-0.4, -0.2) is 30.4 Å². The van der Waals surface area contributed by atoms with Crippen LogP contribution in [-0.2, 0) is 4.74 Å². The highest BCUT2D eigenvalue weighted by atomic mass is 19.4. The smallest absolute Gasteiger partial charge is 0.361 e. The molecule has 0 radical (unpaired) electrons. The fourth-order valence-corrected chi connectivity index (χ4v) is 0.381. The van der Waals surface area contributed by atoms with Crippen molar-refractivity contribution in [3.05, 3.63) is 0 Å². The molecule has 0 saturated carbocycles. The standard InChI is InChI=1S/C5H6F6O2/c6-4(7,8)1-2-13-3(12)5(9,10)11/h3,12H,1-2H2. The average molecular weight is 212 g/mol. The minimum Gasteiger partial charge on any atom is -0.361 e. The van der Waals surface area contributed by atoms with E-state index < -0.39 is 31.7 Å². The topological polar surface area (TPSA) is 29.5 Å². The van der Waals surface area contributed by atoms with E-state index in [9.17, 15) is 26.3 Å². The Morgan fingerprint density at radius 2 is 1.54 bits per heavy atom. The van der Waals surface area contributed by atoms with E-state index in [2.05, 4.69) is 4.74 Å². The van der Waals surface area contributed by atoms with Crippen molar-refractivity contribution >= 4 is 0 Å². The maximum atomic E-state index is 11.4. The Balaban J connectivity index is 3.67. The third-order valence-electron chi connectivity index (χ3n) is 0.941. The molecule has 1 unspecified atom stereocenters. The zero-order chi connectivity index (χ0) is 10.7. The van der Waals surface area contributed by atoms with Gasteiger partial charge in [-0.2, -0.15) is 26.3 Å². The van der Waals surface area contributed by atoms with Gasteiger partial charge in [0.15, 0.2) is 0 Å². The molecule has 13 heavy (non-hydrogen) atoms. The monoisotopic (exact) mass is 212 g/mol. The normalized spacial score (nSPS) is 15.9. The molecule has 0 amide bonds. The molecule has 80 valence electrons. The van der Waals surface area contributed by atoms with Crippen LogP contribution in [0.25, 0.3) is 0 Å². The van der Waals surface area contributed by atoms with Gasteiger partial charge >= 0.3 is 12.4 Å². The van der Waals surface area contributed by atoms with Crippen LogP contribution in [0, 0.1) is 0 Å². The zero-order valence-electron chi connectivity index (χ0n) is 6.11. The van der Waals surface area contributed by atoms with Crippen LogP contribution in [0.3, 0.4) is 0 Å². The lowest BCUT2D eigenvalue weighted by atomic mass is 10.4. The molecule has 0 aromatic heterocycles. The van der Waals surface area contributed by atoms with Gasteiger partial charge in [0.1, 0.15) is 0 Å². The Labute approximate surface area is 69.1 Å². The van der Waals surface area contributed by atoms with Crippen molar-refractivity contribution in [3.8, 4) is 0 Å². The van der Waals surface area contributed by atoms with Crippen molar-refractivity contribution in [1.29, 1.82) is 0 Å². The van der Waals surface area contributed by atoms with Crippen molar-refractivity contribution < 1.29 is 36.2 Å². The van der Waals surface area contributed by atoms with Gasteiger partial charge in [-0.1, -0.05) is 0 Å². The number of aliphatic hydroxyl groups excluding tert-OH is 1. The van der Waals surface area contributed by atoms with Crippen molar-refractivity contribution in [2.24, 2.45) is 0 Å². The lowest BCUT2D eigenvalue weighted by molar-refractivity contribution is -0.298. The molecule has 0 aliphatic rings. The van der Waals surface area contributed by atoms with Crippen LogP contribution in [0.1, 0.15) is 6.42 Å². The Morgan fingerprint density at radius 1 is 1.08 bits per heavy atom. The summed E-state index contributed by atoms with van der Waals surface area (Å²) in [4.78, 5) is 0. The maximum Gasteiger partial charge on any atom is 0.439 e. The second-order valence-corrected chi connectivity index (χ2v) is 2.13. The summed E-state index contributed by atoms with van der Waals surface area (Å²) in [7, 11) is 0. The van der Waals surface area contributed by atoms with E-state index in [0.717, 1.165) is 0 Å². The van der Waals surface area contributed by atoms with E-state index in [0.29, 0.717) is 0 Å². The van der Waals surface area contributed by atoms with Gasteiger partial charge in [0.25, 0.3) is 6.29 Å². The van der Waals surface area contributed by atoms with Crippen LogP contribution in [0.4, 0.5) is 26.3 Å². The molecule has 0 aliphatic heterocycles. The molecule has 0 fully saturated rings. The van der Waals surface area contributed by atoms with Crippen molar-refractivity contribution in [1.82, 2.24) is 0 Å². The molecule has 0 aromatic rings. The molecule has 2 nitrogen and oxygen atoms in total. The van der Waals surface area contributed by atoms with Crippen LogP contribution >= 0.6 is 0 Å². The van der Waals surface area contributed by atoms with Gasteiger partial charge in [-0.3, -0.25) is 0 Å². The van der Waals surface area contributed by atoms with Gasteiger partial charge in [-0.25, -0.2) is 0 Å². The van der Waals surface area contributed by atoms with Crippen LogP contribution in [0.15, 0.2) is 0 Å². The maximum absolute atomic E-state index is 11.4. The third kappa shape index (κ3) is 6.64. The first-order valence-corrected chi connectivity index (χ1v) is 3.06. The molecule has 0 bridgehead atoms. The van der Waals surface area contributed by atoms with Crippen LogP contribution < -0.4 is 0 Å². The Hall–Kier alpha value is -0.500. The molecule has 0 rings (SSSR count). The first kappa shape index (κ1) is 12.5. The summed E-state index contributed by atoms with van der Waals surface area (Å²) in [6, 6.07) is 0. The highest BCUT2D eigenvalue weighted by Gasteiger charge is 2.40. The van der Waals surface area contributed by atoms with E-state index in [1.807, 2.05) is 0 Å². The van der Waals surface area contributed by atoms with Gasteiger partial charge in [-0.05, 0) is 0 Å². The summed E-state index contributed by atoms with van der Waals surface area (Å²) in [6.45, 7) is -1.22. The van der Waals surface area contributed by atoms with E-state index in [4.69, 9.17) is 5.11 Å². The summed E-state index contributed by atoms with van der Waals surface area (Å²) < 4.78 is 71.8.